The van der Waals surface area contributed by atoms with Crippen molar-refractivity contribution in [3.05, 3.63) is 0 Å². The van der Waals surface area contributed by atoms with E-state index in [1.165, 1.54) is 0 Å². The number of rotatable bonds is 8. The van der Waals surface area contributed by atoms with Crippen LogP contribution in [0.25, 0.3) is 0 Å². The van der Waals surface area contributed by atoms with E-state index < -0.39 is 10.1 Å². The molecule has 0 saturated carbocycles. The number of carbonyl (C=O) groups is 1. The Bertz CT molecular complexity index is 362. The number of Topliss-reactive ketones (excluding diaryl/α,β-unsaturated/α-hetero) is 1. The topological polar surface area (TPSA) is 83.5 Å². The Labute approximate surface area is 131 Å². The molecule has 0 unspecified atom stereocenters. The van der Waals surface area contributed by atoms with Crippen molar-refractivity contribution in [1.82, 2.24) is 0 Å². The Morgan fingerprint density at radius 1 is 1.14 bits per heavy atom. The number of unbranched alkanes of at least 4 members (excludes halogenated alkanes) is 2. The van der Waals surface area contributed by atoms with Crippen LogP contribution in [0, 0.1) is 0 Å². The van der Waals surface area contributed by atoms with Crippen LogP contribution < -0.4 is 0 Å². The molecule has 1 aliphatic heterocycles. The Morgan fingerprint density at radius 2 is 1.71 bits per heavy atom. The second-order valence-electron chi connectivity index (χ2n) is 5.03. The lowest BCUT2D eigenvalue weighted by Gasteiger charge is -2.13. The molecule has 0 aromatic heterocycles. The van der Waals surface area contributed by atoms with E-state index in [-0.39, 0.29) is 5.75 Å². The predicted molar refractivity (Wildman–Crippen MR) is 86.8 cm³/mol. The highest BCUT2D eigenvalue weighted by atomic mass is 32.2. The molecule has 0 bridgehead atoms. The van der Waals surface area contributed by atoms with Gasteiger partial charge in [-0.3, -0.25) is 4.79 Å². The molecule has 0 spiro atoms. The third kappa shape index (κ3) is 14.6. The summed E-state index contributed by atoms with van der Waals surface area (Å²) in [5.74, 6) is 3.29. The quantitative estimate of drug-likeness (QED) is 0.496. The molecule has 1 saturated heterocycles. The summed E-state index contributed by atoms with van der Waals surface area (Å²) >= 11 is 0. The van der Waals surface area contributed by atoms with Crippen LogP contribution in [0.15, 0.2) is 0 Å². The van der Waals surface area contributed by atoms with Crippen molar-refractivity contribution >= 4 is 26.8 Å². The van der Waals surface area contributed by atoms with Crippen LogP contribution >= 0.6 is 0 Å². The summed E-state index contributed by atoms with van der Waals surface area (Å²) in [6.45, 7) is 5.70. The van der Waals surface area contributed by atoms with Gasteiger partial charge < -0.3 is 9.29 Å². The van der Waals surface area contributed by atoms with Gasteiger partial charge in [0, 0.05) is 12.2 Å². The first-order valence-corrected chi connectivity index (χ1v) is 10.9. The summed E-state index contributed by atoms with van der Waals surface area (Å²) in [6.07, 6.45) is 4.21. The molecule has 126 valence electrons. The predicted octanol–water partition coefficient (Wildman–Crippen LogP) is 1.73. The highest BCUT2D eigenvalue weighted by molar-refractivity contribution is 7.97. The molecule has 0 aliphatic carbocycles. The van der Waals surface area contributed by atoms with Gasteiger partial charge in [0.25, 0.3) is 0 Å². The first-order valence-electron chi connectivity index (χ1n) is 7.56. The van der Waals surface area contributed by atoms with Gasteiger partial charge in [-0.05, 0) is 23.7 Å². The van der Waals surface area contributed by atoms with Gasteiger partial charge in [0.05, 0.1) is 23.3 Å². The van der Waals surface area contributed by atoms with Crippen LogP contribution in [-0.4, -0.2) is 55.0 Å². The van der Waals surface area contributed by atoms with Crippen molar-refractivity contribution < 1.29 is 22.5 Å². The molecule has 0 atom stereocenters. The van der Waals surface area contributed by atoms with Crippen molar-refractivity contribution in [2.45, 2.75) is 46.0 Å². The van der Waals surface area contributed by atoms with E-state index in [2.05, 4.69) is 6.92 Å². The highest BCUT2D eigenvalue weighted by Gasteiger charge is 2.24. The van der Waals surface area contributed by atoms with Gasteiger partial charge in [0.1, 0.15) is 11.5 Å². The smallest absolute Gasteiger partial charge is 0.181 e. The fourth-order valence-electron chi connectivity index (χ4n) is 1.70. The Hall–Kier alpha value is -0.110. The molecular formula is C14H28O5S2. The molecule has 0 radical (unpaired) electrons. The molecule has 0 amide bonds. The SMILES string of the molecule is CCCCC(=O)C[S+]1CCOCC1.CCCCS(=O)(=O)[O-]. The average molecular weight is 341 g/mol. The van der Waals surface area contributed by atoms with E-state index >= 15 is 0 Å². The van der Waals surface area contributed by atoms with E-state index in [9.17, 15) is 17.8 Å². The van der Waals surface area contributed by atoms with Gasteiger partial charge >= 0.3 is 0 Å². The lowest BCUT2D eigenvalue weighted by Crippen LogP contribution is -2.31. The zero-order chi connectivity index (χ0) is 16.1. The summed E-state index contributed by atoms with van der Waals surface area (Å²) in [4.78, 5) is 11.4. The monoisotopic (exact) mass is 340 g/mol. The molecule has 0 aromatic carbocycles. The van der Waals surface area contributed by atoms with Gasteiger partial charge in [-0.1, -0.05) is 26.7 Å². The van der Waals surface area contributed by atoms with E-state index in [1.54, 1.807) is 0 Å². The van der Waals surface area contributed by atoms with Gasteiger partial charge in [0.15, 0.2) is 11.5 Å². The van der Waals surface area contributed by atoms with Crippen LogP contribution in [-0.2, 0) is 30.5 Å². The minimum absolute atomic E-state index is 0.219. The van der Waals surface area contributed by atoms with Gasteiger partial charge in [-0.25, -0.2) is 8.42 Å². The molecule has 1 rings (SSSR count). The van der Waals surface area contributed by atoms with Crippen molar-refractivity contribution in [2.24, 2.45) is 0 Å². The average Bonchev–Trinajstić information content (AvgIpc) is 2.44. The Balaban J connectivity index is 0.000000433. The Kier molecular flexibility index (Phi) is 12.4. The van der Waals surface area contributed by atoms with Gasteiger partial charge in [-0.2, -0.15) is 0 Å². The molecule has 0 N–H and O–H groups in total. The number of ketones is 1. The lowest BCUT2D eigenvalue weighted by atomic mass is 10.2. The van der Waals surface area contributed by atoms with Gasteiger partial charge in [0.2, 0.25) is 0 Å². The van der Waals surface area contributed by atoms with Crippen LogP contribution in [0.4, 0.5) is 0 Å². The largest absolute Gasteiger partial charge is 0.748 e. The summed E-state index contributed by atoms with van der Waals surface area (Å²) in [7, 11) is -3.59. The highest BCUT2D eigenvalue weighted by Crippen LogP contribution is 2.06. The molecule has 1 heterocycles. The minimum atomic E-state index is -3.94. The normalized spacial score (nSPS) is 16.1. The van der Waals surface area contributed by atoms with Crippen molar-refractivity contribution in [3.8, 4) is 0 Å². The maximum Gasteiger partial charge on any atom is 0.181 e. The number of hydrogen-bond acceptors (Lipinski definition) is 5. The number of carbonyl (C=O) groups excluding carboxylic acids is 1. The summed E-state index contributed by atoms with van der Waals surface area (Å²) in [5, 5.41) is 0. The van der Waals surface area contributed by atoms with Gasteiger partial charge in [-0.15, -0.1) is 0 Å². The molecular weight excluding hydrogens is 312 g/mol. The standard InChI is InChI=1S/C10H19O2S.C4H10O3S/c1-2-3-4-10(11)9-13-7-5-12-6-8-13;1-2-3-4-8(5,6)7/h2-9H2,1H3;2-4H2,1H3,(H,5,6,7)/q+1;/p-1. The number of ether oxygens (including phenoxy) is 1. The summed E-state index contributed by atoms with van der Waals surface area (Å²) in [5.41, 5.74) is 0. The fraction of sp³-hybridized carbons (Fsp3) is 0.929. The lowest BCUT2D eigenvalue weighted by molar-refractivity contribution is -0.116. The van der Waals surface area contributed by atoms with Crippen LogP contribution in [0.3, 0.4) is 0 Å². The maximum atomic E-state index is 11.4. The maximum absolute atomic E-state index is 11.4. The molecule has 21 heavy (non-hydrogen) atoms. The van der Waals surface area contributed by atoms with Crippen LogP contribution in [0.5, 0.6) is 0 Å². The third-order valence-corrected chi connectivity index (χ3v) is 5.96. The minimum Gasteiger partial charge on any atom is -0.748 e. The first-order chi connectivity index (χ1) is 9.89. The van der Waals surface area contributed by atoms with Crippen LogP contribution in [0.2, 0.25) is 0 Å². The molecule has 0 aromatic rings. The van der Waals surface area contributed by atoms with Crippen molar-refractivity contribution in [1.29, 1.82) is 0 Å². The Morgan fingerprint density at radius 3 is 2.14 bits per heavy atom. The van der Waals surface area contributed by atoms with Crippen molar-refractivity contribution in [3.63, 3.8) is 0 Å². The van der Waals surface area contributed by atoms with E-state index in [0.717, 1.165) is 56.2 Å². The third-order valence-electron chi connectivity index (χ3n) is 2.95. The molecule has 7 heteroatoms. The zero-order valence-electron chi connectivity index (χ0n) is 13.1. The van der Waals surface area contributed by atoms with E-state index in [1.807, 2.05) is 6.92 Å². The van der Waals surface area contributed by atoms with E-state index in [0.29, 0.717) is 23.1 Å². The summed E-state index contributed by atoms with van der Waals surface area (Å²) in [6, 6.07) is 0. The van der Waals surface area contributed by atoms with E-state index in [4.69, 9.17) is 4.74 Å². The molecule has 5 nitrogen and oxygen atoms in total. The zero-order valence-corrected chi connectivity index (χ0v) is 14.8. The molecule has 1 fully saturated rings. The first kappa shape index (κ1) is 20.9. The van der Waals surface area contributed by atoms with Crippen LogP contribution in [0.1, 0.15) is 46.0 Å². The molecule has 1 aliphatic rings. The van der Waals surface area contributed by atoms with Crippen molar-refractivity contribution in [2.75, 3.05) is 36.2 Å². The second-order valence-corrected chi connectivity index (χ2v) is 8.89. The second kappa shape index (κ2) is 12.4. The number of hydrogen-bond donors (Lipinski definition) is 0. The fourth-order valence-corrected chi connectivity index (χ4v) is 4.14. The summed E-state index contributed by atoms with van der Waals surface area (Å²) < 4.78 is 34.8.